The summed E-state index contributed by atoms with van der Waals surface area (Å²) >= 11 is 0. The number of aliphatic carboxylic acids is 1. The summed E-state index contributed by atoms with van der Waals surface area (Å²) in [6, 6.07) is 9.55. The van der Waals surface area contributed by atoms with E-state index in [1.807, 2.05) is 30.3 Å². The number of fused-ring (bicyclic) bond motifs is 1. The molecule has 114 valence electrons. The predicted octanol–water partition coefficient (Wildman–Crippen LogP) is 2.77. The van der Waals surface area contributed by atoms with Gasteiger partial charge in [-0.25, -0.2) is 0 Å². The number of carbonyl (C=O) groups is 2. The van der Waals surface area contributed by atoms with Gasteiger partial charge in [0.25, 0.3) is 0 Å². The fraction of sp³-hybridized carbons (Fsp3) is 0.294. The summed E-state index contributed by atoms with van der Waals surface area (Å²) < 4.78 is 5.62. The number of benzene rings is 1. The first-order chi connectivity index (χ1) is 10.6. The van der Waals surface area contributed by atoms with Gasteiger partial charge in [0, 0.05) is 24.6 Å². The molecule has 5 heteroatoms. The molecule has 1 fully saturated rings. The zero-order valence-electron chi connectivity index (χ0n) is 12.1. The number of amides is 1. The zero-order chi connectivity index (χ0) is 15.5. The van der Waals surface area contributed by atoms with Crippen molar-refractivity contribution < 1.29 is 19.1 Å². The first-order valence-electron chi connectivity index (χ1n) is 7.32. The number of rotatable bonds is 3. The molecule has 1 aliphatic heterocycles. The Hall–Kier alpha value is -2.56. The normalized spacial score (nSPS) is 16.5. The summed E-state index contributed by atoms with van der Waals surface area (Å²) in [4.78, 5) is 24.7. The van der Waals surface area contributed by atoms with E-state index >= 15 is 0 Å². The molecule has 0 unspecified atom stereocenters. The smallest absolute Gasteiger partial charge is 0.306 e. The highest BCUT2D eigenvalue weighted by Crippen LogP contribution is 2.20. The second-order valence-corrected chi connectivity index (χ2v) is 5.46. The van der Waals surface area contributed by atoms with Crippen molar-refractivity contribution >= 4 is 28.9 Å². The largest absolute Gasteiger partial charge is 0.481 e. The Morgan fingerprint density at radius 1 is 1.23 bits per heavy atom. The van der Waals surface area contributed by atoms with Crippen molar-refractivity contribution in [2.45, 2.75) is 12.8 Å². The van der Waals surface area contributed by atoms with Crippen LogP contribution in [-0.2, 0) is 9.59 Å². The number of carboxylic acids is 1. The number of likely N-dealkylation sites (tertiary alicyclic amines) is 1. The van der Waals surface area contributed by atoms with Crippen LogP contribution in [0.25, 0.3) is 17.0 Å². The first kappa shape index (κ1) is 14.4. The highest BCUT2D eigenvalue weighted by molar-refractivity contribution is 5.92. The Kier molecular flexibility index (Phi) is 3.96. The fourth-order valence-electron chi connectivity index (χ4n) is 2.69. The van der Waals surface area contributed by atoms with Crippen LogP contribution in [0.5, 0.6) is 0 Å². The van der Waals surface area contributed by atoms with Gasteiger partial charge in [-0.2, -0.15) is 0 Å². The van der Waals surface area contributed by atoms with Crippen LogP contribution in [-0.4, -0.2) is 35.0 Å². The molecular weight excluding hydrogens is 282 g/mol. The lowest BCUT2D eigenvalue weighted by Gasteiger charge is -2.29. The summed E-state index contributed by atoms with van der Waals surface area (Å²) in [6.07, 6.45) is 4.17. The lowest BCUT2D eigenvalue weighted by Crippen LogP contribution is -2.39. The minimum atomic E-state index is -0.773. The molecule has 0 atom stereocenters. The maximum absolute atomic E-state index is 12.1. The van der Waals surface area contributed by atoms with E-state index in [4.69, 9.17) is 9.52 Å². The maximum Gasteiger partial charge on any atom is 0.306 e. The van der Waals surface area contributed by atoms with Crippen molar-refractivity contribution in [3.63, 3.8) is 0 Å². The molecule has 1 saturated heterocycles. The molecule has 1 amide bonds. The Balaban J connectivity index is 1.63. The summed E-state index contributed by atoms with van der Waals surface area (Å²) in [6.45, 7) is 0.973. The van der Waals surface area contributed by atoms with Crippen LogP contribution in [0.3, 0.4) is 0 Å². The third-order valence-electron chi connectivity index (χ3n) is 3.99. The Morgan fingerprint density at radius 3 is 2.64 bits per heavy atom. The van der Waals surface area contributed by atoms with Crippen LogP contribution in [0.4, 0.5) is 0 Å². The van der Waals surface area contributed by atoms with E-state index in [9.17, 15) is 9.59 Å². The molecular formula is C17H17NO4. The second kappa shape index (κ2) is 6.05. The number of para-hydroxylation sites is 1. The van der Waals surface area contributed by atoms with Crippen molar-refractivity contribution in [2.75, 3.05) is 13.1 Å². The van der Waals surface area contributed by atoms with Gasteiger partial charge in [0.1, 0.15) is 11.3 Å². The third-order valence-corrected chi connectivity index (χ3v) is 3.99. The van der Waals surface area contributed by atoms with Gasteiger partial charge in [-0.1, -0.05) is 18.2 Å². The minimum absolute atomic E-state index is 0.107. The summed E-state index contributed by atoms with van der Waals surface area (Å²) in [5.41, 5.74) is 0.789. The summed E-state index contributed by atoms with van der Waals surface area (Å²) in [5, 5.41) is 9.95. The topological polar surface area (TPSA) is 70.8 Å². The molecule has 22 heavy (non-hydrogen) atoms. The van der Waals surface area contributed by atoms with E-state index in [2.05, 4.69) is 0 Å². The van der Waals surface area contributed by atoms with E-state index in [0.29, 0.717) is 31.7 Å². The van der Waals surface area contributed by atoms with Gasteiger partial charge in [0.2, 0.25) is 5.91 Å². The molecule has 0 aliphatic carbocycles. The quantitative estimate of drug-likeness (QED) is 0.885. The maximum atomic E-state index is 12.1. The van der Waals surface area contributed by atoms with Crippen LogP contribution in [0, 0.1) is 5.92 Å². The molecule has 0 radical (unpaired) electrons. The second-order valence-electron chi connectivity index (χ2n) is 5.46. The monoisotopic (exact) mass is 299 g/mol. The van der Waals surface area contributed by atoms with Crippen molar-refractivity contribution in [1.29, 1.82) is 0 Å². The average molecular weight is 299 g/mol. The molecule has 2 aromatic rings. The minimum Gasteiger partial charge on any atom is -0.481 e. The van der Waals surface area contributed by atoms with Crippen LogP contribution >= 0.6 is 0 Å². The van der Waals surface area contributed by atoms with Gasteiger partial charge in [-0.05, 0) is 31.1 Å². The molecule has 0 bridgehead atoms. The van der Waals surface area contributed by atoms with Crippen molar-refractivity contribution in [1.82, 2.24) is 4.90 Å². The number of carbonyl (C=O) groups excluding carboxylic acids is 1. The molecule has 3 rings (SSSR count). The number of carboxylic acid groups (broad SMARTS) is 1. The van der Waals surface area contributed by atoms with E-state index < -0.39 is 5.97 Å². The van der Waals surface area contributed by atoms with Gasteiger partial charge in [0.15, 0.2) is 0 Å². The molecule has 1 aromatic carbocycles. The van der Waals surface area contributed by atoms with Gasteiger partial charge in [-0.3, -0.25) is 9.59 Å². The van der Waals surface area contributed by atoms with Crippen LogP contribution in [0.15, 0.2) is 40.8 Å². The standard InChI is InChI=1S/C17H17NO4/c19-16(18-9-7-12(8-10-18)17(20)21)6-5-14-11-13-3-1-2-4-15(13)22-14/h1-6,11-12H,7-10H2,(H,20,21). The summed E-state index contributed by atoms with van der Waals surface area (Å²) in [7, 11) is 0. The predicted molar refractivity (Wildman–Crippen MR) is 82.2 cm³/mol. The molecule has 5 nitrogen and oxygen atoms in total. The SMILES string of the molecule is O=C(O)C1CCN(C(=O)C=Cc2cc3ccccc3o2)CC1. The number of furan rings is 1. The molecule has 0 spiro atoms. The van der Waals surface area contributed by atoms with E-state index in [-0.39, 0.29) is 11.8 Å². The lowest BCUT2D eigenvalue weighted by molar-refractivity contribution is -0.144. The number of piperidine rings is 1. The van der Waals surface area contributed by atoms with Crippen molar-refractivity contribution in [2.24, 2.45) is 5.92 Å². The molecule has 1 aromatic heterocycles. The molecule has 2 heterocycles. The zero-order valence-corrected chi connectivity index (χ0v) is 12.1. The van der Waals surface area contributed by atoms with Crippen LogP contribution < -0.4 is 0 Å². The Labute approximate surface area is 127 Å². The average Bonchev–Trinajstić information content (AvgIpc) is 2.95. The number of hydrogen-bond donors (Lipinski definition) is 1. The van der Waals surface area contributed by atoms with Gasteiger partial charge in [-0.15, -0.1) is 0 Å². The third kappa shape index (κ3) is 3.03. The Morgan fingerprint density at radius 2 is 1.95 bits per heavy atom. The first-order valence-corrected chi connectivity index (χ1v) is 7.32. The summed E-state index contributed by atoms with van der Waals surface area (Å²) in [5.74, 6) is -0.576. The van der Waals surface area contributed by atoms with Gasteiger partial charge in [0.05, 0.1) is 5.92 Å². The molecule has 1 N–H and O–H groups in total. The van der Waals surface area contributed by atoms with Gasteiger partial charge < -0.3 is 14.4 Å². The van der Waals surface area contributed by atoms with Crippen LogP contribution in [0.1, 0.15) is 18.6 Å². The highest BCUT2D eigenvalue weighted by atomic mass is 16.4. The lowest BCUT2D eigenvalue weighted by atomic mass is 9.97. The number of hydrogen-bond acceptors (Lipinski definition) is 3. The Bertz CT molecular complexity index is 690. The van der Waals surface area contributed by atoms with Crippen molar-refractivity contribution in [3.05, 3.63) is 42.2 Å². The fourth-order valence-corrected chi connectivity index (χ4v) is 2.69. The van der Waals surface area contributed by atoms with Gasteiger partial charge >= 0.3 is 5.97 Å². The van der Waals surface area contributed by atoms with E-state index in [0.717, 1.165) is 11.0 Å². The number of nitrogens with zero attached hydrogens (tertiary/aromatic N) is 1. The van der Waals surface area contributed by atoms with E-state index in [1.54, 1.807) is 11.0 Å². The van der Waals surface area contributed by atoms with Crippen molar-refractivity contribution in [3.8, 4) is 0 Å². The van der Waals surface area contributed by atoms with Crippen LogP contribution in [0.2, 0.25) is 0 Å². The highest BCUT2D eigenvalue weighted by Gasteiger charge is 2.25. The molecule has 1 aliphatic rings. The molecule has 0 saturated carbocycles. The van der Waals surface area contributed by atoms with E-state index in [1.165, 1.54) is 6.08 Å².